The van der Waals surface area contributed by atoms with Gasteiger partial charge in [0.05, 0.1) is 0 Å². The molecule has 1 aliphatic rings. The van der Waals surface area contributed by atoms with Crippen LogP contribution in [0.2, 0.25) is 0 Å². The lowest BCUT2D eigenvalue weighted by Gasteiger charge is -2.26. The molecule has 0 bridgehead atoms. The van der Waals surface area contributed by atoms with Crippen LogP contribution in [0, 0.1) is 0 Å². The SMILES string of the molecule is NCc1ccc(CN2CCCCC2)c(O)c1. The first kappa shape index (κ1) is 11.4. The monoisotopic (exact) mass is 220 g/mol. The highest BCUT2D eigenvalue weighted by Crippen LogP contribution is 2.22. The molecule has 1 aliphatic heterocycles. The molecule has 0 radical (unpaired) electrons. The van der Waals surface area contributed by atoms with E-state index in [4.69, 9.17) is 5.73 Å². The Bertz CT molecular complexity index is 346. The zero-order chi connectivity index (χ0) is 11.4. The molecule has 3 heteroatoms. The Labute approximate surface area is 96.9 Å². The third kappa shape index (κ3) is 2.74. The van der Waals surface area contributed by atoms with Gasteiger partial charge in [-0.15, -0.1) is 0 Å². The summed E-state index contributed by atoms with van der Waals surface area (Å²) in [4.78, 5) is 2.40. The Hall–Kier alpha value is -1.06. The number of piperidine rings is 1. The highest BCUT2D eigenvalue weighted by atomic mass is 16.3. The molecule has 0 atom stereocenters. The quantitative estimate of drug-likeness (QED) is 0.817. The molecule has 88 valence electrons. The number of nitrogens with two attached hydrogens (primary N) is 1. The maximum atomic E-state index is 9.87. The molecule has 0 spiro atoms. The summed E-state index contributed by atoms with van der Waals surface area (Å²) in [5, 5.41) is 9.87. The summed E-state index contributed by atoms with van der Waals surface area (Å²) in [5.41, 5.74) is 7.53. The minimum Gasteiger partial charge on any atom is -0.508 e. The predicted molar refractivity (Wildman–Crippen MR) is 65.1 cm³/mol. The number of phenols is 1. The zero-order valence-electron chi connectivity index (χ0n) is 9.65. The van der Waals surface area contributed by atoms with Crippen molar-refractivity contribution in [2.75, 3.05) is 13.1 Å². The van der Waals surface area contributed by atoms with E-state index in [1.54, 1.807) is 6.07 Å². The summed E-state index contributed by atoms with van der Waals surface area (Å²) < 4.78 is 0. The highest BCUT2D eigenvalue weighted by molar-refractivity contribution is 5.36. The van der Waals surface area contributed by atoms with Crippen LogP contribution in [0.3, 0.4) is 0 Å². The first-order valence-corrected chi connectivity index (χ1v) is 6.03. The third-order valence-corrected chi connectivity index (χ3v) is 3.23. The lowest BCUT2D eigenvalue weighted by atomic mass is 10.1. The fraction of sp³-hybridized carbons (Fsp3) is 0.538. The largest absolute Gasteiger partial charge is 0.508 e. The fourth-order valence-corrected chi connectivity index (χ4v) is 2.23. The van der Waals surface area contributed by atoms with Crippen molar-refractivity contribution in [1.29, 1.82) is 0 Å². The molecule has 0 aliphatic carbocycles. The van der Waals surface area contributed by atoms with E-state index in [1.807, 2.05) is 12.1 Å². The second kappa shape index (κ2) is 5.32. The van der Waals surface area contributed by atoms with Crippen molar-refractivity contribution in [2.24, 2.45) is 5.73 Å². The fourth-order valence-electron chi connectivity index (χ4n) is 2.23. The maximum absolute atomic E-state index is 9.87. The molecular weight excluding hydrogens is 200 g/mol. The van der Waals surface area contributed by atoms with Crippen molar-refractivity contribution >= 4 is 0 Å². The van der Waals surface area contributed by atoms with Gasteiger partial charge in [0.2, 0.25) is 0 Å². The summed E-state index contributed by atoms with van der Waals surface area (Å²) in [5.74, 6) is 0.383. The highest BCUT2D eigenvalue weighted by Gasteiger charge is 2.12. The van der Waals surface area contributed by atoms with Crippen LogP contribution >= 0.6 is 0 Å². The first-order chi connectivity index (χ1) is 7.79. The van der Waals surface area contributed by atoms with Gasteiger partial charge < -0.3 is 10.8 Å². The van der Waals surface area contributed by atoms with Gasteiger partial charge in [0.1, 0.15) is 5.75 Å². The summed E-state index contributed by atoms with van der Waals surface area (Å²) in [6, 6.07) is 5.77. The number of hydrogen-bond donors (Lipinski definition) is 2. The summed E-state index contributed by atoms with van der Waals surface area (Å²) in [6.07, 6.45) is 3.90. The summed E-state index contributed by atoms with van der Waals surface area (Å²) in [7, 11) is 0. The van der Waals surface area contributed by atoms with Gasteiger partial charge in [0.15, 0.2) is 0 Å². The Morgan fingerprint density at radius 2 is 1.94 bits per heavy atom. The van der Waals surface area contributed by atoms with E-state index in [0.29, 0.717) is 12.3 Å². The standard InChI is InChI=1S/C13H20N2O/c14-9-11-4-5-12(13(16)8-11)10-15-6-2-1-3-7-15/h4-5,8,16H,1-3,6-7,9-10,14H2. The Morgan fingerprint density at radius 3 is 2.56 bits per heavy atom. The molecule has 1 aromatic rings. The maximum Gasteiger partial charge on any atom is 0.120 e. The zero-order valence-corrected chi connectivity index (χ0v) is 9.65. The van der Waals surface area contributed by atoms with Crippen molar-refractivity contribution in [3.63, 3.8) is 0 Å². The molecule has 0 amide bonds. The summed E-state index contributed by atoms with van der Waals surface area (Å²) in [6.45, 7) is 3.64. The van der Waals surface area contributed by atoms with Crippen molar-refractivity contribution in [3.05, 3.63) is 29.3 Å². The van der Waals surface area contributed by atoms with Crippen LogP contribution < -0.4 is 5.73 Å². The number of likely N-dealkylation sites (tertiary alicyclic amines) is 1. The second-order valence-electron chi connectivity index (χ2n) is 4.50. The van der Waals surface area contributed by atoms with Crippen molar-refractivity contribution in [1.82, 2.24) is 4.90 Å². The van der Waals surface area contributed by atoms with Crippen molar-refractivity contribution in [2.45, 2.75) is 32.4 Å². The van der Waals surface area contributed by atoms with Gasteiger partial charge in [-0.2, -0.15) is 0 Å². The van der Waals surface area contributed by atoms with Gasteiger partial charge in [-0.1, -0.05) is 18.6 Å². The molecule has 1 heterocycles. The van der Waals surface area contributed by atoms with E-state index in [0.717, 1.165) is 30.8 Å². The number of hydrogen-bond acceptors (Lipinski definition) is 3. The topological polar surface area (TPSA) is 49.5 Å². The van der Waals surface area contributed by atoms with Gasteiger partial charge in [-0.25, -0.2) is 0 Å². The summed E-state index contributed by atoms with van der Waals surface area (Å²) >= 11 is 0. The number of benzene rings is 1. The Balaban J connectivity index is 2.03. The Morgan fingerprint density at radius 1 is 1.19 bits per heavy atom. The van der Waals surface area contributed by atoms with E-state index in [-0.39, 0.29) is 0 Å². The molecule has 2 rings (SSSR count). The minimum absolute atomic E-state index is 0.383. The number of phenolic OH excluding ortho intramolecular Hbond substituents is 1. The number of aromatic hydroxyl groups is 1. The van der Waals surface area contributed by atoms with Gasteiger partial charge in [-0.3, -0.25) is 4.90 Å². The van der Waals surface area contributed by atoms with Crippen LogP contribution in [0.4, 0.5) is 0 Å². The number of nitrogens with zero attached hydrogens (tertiary/aromatic N) is 1. The van der Waals surface area contributed by atoms with Crippen molar-refractivity contribution < 1.29 is 5.11 Å². The molecular formula is C13H20N2O. The van der Waals surface area contributed by atoms with Crippen LogP contribution in [0.1, 0.15) is 30.4 Å². The van der Waals surface area contributed by atoms with Crippen LogP contribution in [-0.4, -0.2) is 23.1 Å². The molecule has 0 unspecified atom stereocenters. The first-order valence-electron chi connectivity index (χ1n) is 6.03. The lowest BCUT2D eigenvalue weighted by Crippen LogP contribution is -2.29. The second-order valence-corrected chi connectivity index (χ2v) is 4.50. The lowest BCUT2D eigenvalue weighted by molar-refractivity contribution is 0.218. The van der Waals surface area contributed by atoms with E-state index >= 15 is 0 Å². The average molecular weight is 220 g/mol. The Kier molecular flexibility index (Phi) is 3.80. The van der Waals surface area contributed by atoms with Crippen LogP contribution in [-0.2, 0) is 13.1 Å². The minimum atomic E-state index is 0.383. The normalized spacial score (nSPS) is 17.6. The van der Waals surface area contributed by atoms with Gasteiger partial charge in [0.25, 0.3) is 0 Å². The van der Waals surface area contributed by atoms with E-state index in [2.05, 4.69) is 4.90 Å². The van der Waals surface area contributed by atoms with E-state index in [9.17, 15) is 5.11 Å². The molecule has 0 aromatic heterocycles. The smallest absolute Gasteiger partial charge is 0.120 e. The van der Waals surface area contributed by atoms with Gasteiger partial charge in [-0.05, 0) is 37.6 Å². The molecule has 1 saturated heterocycles. The van der Waals surface area contributed by atoms with E-state index < -0.39 is 0 Å². The van der Waals surface area contributed by atoms with Gasteiger partial charge in [0, 0.05) is 18.7 Å². The average Bonchev–Trinajstić information content (AvgIpc) is 2.33. The molecule has 3 nitrogen and oxygen atoms in total. The molecule has 16 heavy (non-hydrogen) atoms. The predicted octanol–water partition coefficient (Wildman–Crippen LogP) is 1.84. The van der Waals surface area contributed by atoms with Crippen molar-refractivity contribution in [3.8, 4) is 5.75 Å². The van der Waals surface area contributed by atoms with E-state index in [1.165, 1.54) is 19.3 Å². The van der Waals surface area contributed by atoms with Crippen LogP contribution in [0.5, 0.6) is 5.75 Å². The third-order valence-electron chi connectivity index (χ3n) is 3.23. The molecule has 1 aromatic carbocycles. The number of rotatable bonds is 3. The molecule has 3 N–H and O–H groups in total. The van der Waals surface area contributed by atoms with Crippen LogP contribution in [0.15, 0.2) is 18.2 Å². The van der Waals surface area contributed by atoms with Crippen LogP contribution in [0.25, 0.3) is 0 Å². The van der Waals surface area contributed by atoms with Gasteiger partial charge >= 0.3 is 0 Å². The molecule has 1 fully saturated rings. The molecule has 0 saturated carbocycles.